The van der Waals surface area contributed by atoms with Gasteiger partial charge in [0, 0.05) is 31.2 Å². The molecule has 1 fully saturated rings. The summed E-state index contributed by atoms with van der Waals surface area (Å²) < 4.78 is 10.4. The van der Waals surface area contributed by atoms with Gasteiger partial charge in [0.15, 0.2) is 5.82 Å². The summed E-state index contributed by atoms with van der Waals surface area (Å²) in [5.74, 6) is 1.53. The number of nitrogens with zero attached hydrogens (tertiary/aromatic N) is 3. The van der Waals surface area contributed by atoms with E-state index >= 15 is 0 Å². The molecule has 0 spiro atoms. The molecule has 1 unspecified atom stereocenters. The monoisotopic (exact) mass is 316 g/mol. The second-order valence-corrected chi connectivity index (χ2v) is 5.62. The van der Waals surface area contributed by atoms with Gasteiger partial charge in [-0.1, -0.05) is 11.2 Å². The Balaban J connectivity index is 1.68. The van der Waals surface area contributed by atoms with Gasteiger partial charge in [-0.2, -0.15) is 4.98 Å². The molecule has 7 nitrogen and oxygen atoms in total. The van der Waals surface area contributed by atoms with E-state index in [-0.39, 0.29) is 12.3 Å². The predicted molar refractivity (Wildman–Crippen MR) is 84.0 cm³/mol. The third-order valence-corrected chi connectivity index (χ3v) is 3.82. The van der Waals surface area contributed by atoms with Crippen LogP contribution in [0.25, 0.3) is 11.5 Å². The smallest absolute Gasteiger partial charge is 0.258 e. The van der Waals surface area contributed by atoms with Crippen LogP contribution in [0.1, 0.15) is 12.7 Å². The lowest BCUT2D eigenvalue weighted by molar-refractivity contribution is -0.131. The molecule has 122 valence electrons. The fraction of sp³-hybridized carbons (Fsp3) is 0.438. The van der Waals surface area contributed by atoms with E-state index in [0.29, 0.717) is 36.6 Å². The first-order chi connectivity index (χ1) is 11.2. The van der Waals surface area contributed by atoms with Crippen molar-refractivity contribution in [2.75, 3.05) is 26.7 Å². The molecule has 1 aromatic heterocycles. The number of methoxy groups -OCH3 is 1. The van der Waals surface area contributed by atoms with E-state index in [1.165, 1.54) is 0 Å². The molecule has 0 bridgehead atoms. The van der Waals surface area contributed by atoms with Gasteiger partial charge in [-0.05, 0) is 25.1 Å². The average molecular weight is 316 g/mol. The molecule has 1 atom stereocenters. The Morgan fingerprint density at radius 1 is 1.52 bits per heavy atom. The van der Waals surface area contributed by atoms with Gasteiger partial charge in [-0.25, -0.2) is 0 Å². The lowest BCUT2D eigenvalue weighted by atomic mass is 10.2. The fourth-order valence-corrected chi connectivity index (χ4v) is 2.61. The number of hydrogen-bond acceptors (Lipinski definition) is 6. The van der Waals surface area contributed by atoms with Gasteiger partial charge >= 0.3 is 0 Å². The molecule has 0 saturated carbocycles. The largest absolute Gasteiger partial charge is 0.497 e. The SMILES string of the molecule is COc1cccc(-c2nc(CC(=O)N3CCNC(C)C3)no2)c1. The topological polar surface area (TPSA) is 80.5 Å². The number of piperazine rings is 1. The van der Waals surface area contributed by atoms with Crippen molar-refractivity contribution in [3.05, 3.63) is 30.1 Å². The average Bonchev–Trinajstić information content (AvgIpc) is 3.03. The highest BCUT2D eigenvalue weighted by Gasteiger charge is 2.22. The van der Waals surface area contributed by atoms with Crippen molar-refractivity contribution in [1.82, 2.24) is 20.4 Å². The van der Waals surface area contributed by atoms with Crippen LogP contribution >= 0.6 is 0 Å². The predicted octanol–water partition coefficient (Wildman–Crippen LogP) is 1.11. The Bertz CT molecular complexity index is 685. The minimum atomic E-state index is 0.0244. The van der Waals surface area contributed by atoms with Crippen molar-refractivity contribution >= 4 is 5.91 Å². The summed E-state index contributed by atoms with van der Waals surface area (Å²) in [6, 6.07) is 7.68. The molecule has 0 radical (unpaired) electrons. The van der Waals surface area contributed by atoms with Crippen LogP contribution in [0.2, 0.25) is 0 Å². The lowest BCUT2D eigenvalue weighted by Crippen LogP contribution is -2.51. The number of benzene rings is 1. The molecule has 1 aliphatic rings. The van der Waals surface area contributed by atoms with Crippen molar-refractivity contribution < 1.29 is 14.1 Å². The number of ether oxygens (including phenoxy) is 1. The van der Waals surface area contributed by atoms with Gasteiger partial charge in [0.2, 0.25) is 5.91 Å². The standard InChI is InChI=1S/C16H20N4O3/c1-11-10-20(7-6-17-11)15(21)9-14-18-16(23-19-14)12-4-3-5-13(8-12)22-2/h3-5,8,11,17H,6-7,9-10H2,1-2H3. The molecular weight excluding hydrogens is 296 g/mol. The Kier molecular flexibility index (Phi) is 4.57. The lowest BCUT2D eigenvalue weighted by Gasteiger charge is -2.31. The highest BCUT2D eigenvalue weighted by Crippen LogP contribution is 2.22. The maximum absolute atomic E-state index is 12.3. The zero-order valence-corrected chi connectivity index (χ0v) is 13.3. The number of amides is 1. The van der Waals surface area contributed by atoms with Crippen LogP contribution in [0, 0.1) is 0 Å². The number of aromatic nitrogens is 2. The number of carbonyl (C=O) groups excluding carboxylic acids is 1. The van der Waals surface area contributed by atoms with Gasteiger partial charge in [0.25, 0.3) is 5.89 Å². The van der Waals surface area contributed by atoms with E-state index in [0.717, 1.165) is 12.1 Å². The van der Waals surface area contributed by atoms with Crippen molar-refractivity contribution in [3.8, 4) is 17.2 Å². The van der Waals surface area contributed by atoms with Crippen molar-refractivity contribution in [2.24, 2.45) is 0 Å². The van der Waals surface area contributed by atoms with E-state index in [9.17, 15) is 4.79 Å². The summed E-state index contributed by atoms with van der Waals surface area (Å²) in [6.07, 6.45) is 0.153. The molecule has 1 aliphatic heterocycles. The van der Waals surface area contributed by atoms with Gasteiger partial charge < -0.3 is 19.5 Å². The quantitative estimate of drug-likeness (QED) is 0.910. The maximum atomic E-state index is 12.3. The minimum Gasteiger partial charge on any atom is -0.497 e. The molecule has 7 heteroatoms. The zero-order valence-electron chi connectivity index (χ0n) is 13.3. The summed E-state index contributed by atoms with van der Waals surface area (Å²) in [6.45, 7) is 4.30. The molecule has 1 aromatic carbocycles. The number of carbonyl (C=O) groups is 1. The van der Waals surface area contributed by atoms with Crippen LogP contribution in [0.15, 0.2) is 28.8 Å². The molecule has 2 aromatic rings. The second-order valence-electron chi connectivity index (χ2n) is 5.62. The summed E-state index contributed by atoms with van der Waals surface area (Å²) in [5, 5.41) is 7.22. The Morgan fingerprint density at radius 3 is 3.17 bits per heavy atom. The van der Waals surface area contributed by atoms with Gasteiger partial charge in [-0.15, -0.1) is 0 Å². The van der Waals surface area contributed by atoms with Gasteiger partial charge in [0.1, 0.15) is 5.75 Å². The van der Waals surface area contributed by atoms with Crippen LogP contribution in [-0.4, -0.2) is 53.7 Å². The first kappa shape index (κ1) is 15.5. The third kappa shape index (κ3) is 3.68. The fourth-order valence-electron chi connectivity index (χ4n) is 2.61. The first-order valence-corrected chi connectivity index (χ1v) is 7.64. The second kappa shape index (κ2) is 6.78. The van der Waals surface area contributed by atoms with Crippen LogP contribution in [0.4, 0.5) is 0 Å². The van der Waals surface area contributed by atoms with E-state index in [1.54, 1.807) is 7.11 Å². The van der Waals surface area contributed by atoms with Crippen molar-refractivity contribution in [1.29, 1.82) is 0 Å². The van der Waals surface area contributed by atoms with E-state index in [2.05, 4.69) is 22.4 Å². The Labute approximate surface area is 134 Å². The summed E-state index contributed by atoms with van der Waals surface area (Å²) in [4.78, 5) is 18.5. The van der Waals surface area contributed by atoms with Gasteiger partial charge in [0.05, 0.1) is 13.5 Å². The highest BCUT2D eigenvalue weighted by atomic mass is 16.5. The molecule has 2 heterocycles. The number of rotatable bonds is 4. The van der Waals surface area contributed by atoms with E-state index in [4.69, 9.17) is 9.26 Å². The van der Waals surface area contributed by atoms with Crippen molar-refractivity contribution in [2.45, 2.75) is 19.4 Å². The summed E-state index contributed by atoms with van der Waals surface area (Å²) in [5.41, 5.74) is 0.770. The molecule has 1 saturated heterocycles. The van der Waals surface area contributed by atoms with Crippen LogP contribution in [0.3, 0.4) is 0 Å². The van der Waals surface area contributed by atoms with Crippen LogP contribution < -0.4 is 10.1 Å². The molecular formula is C16H20N4O3. The third-order valence-electron chi connectivity index (χ3n) is 3.82. The minimum absolute atomic E-state index is 0.0244. The zero-order chi connectivity index (χ0) is 16.2. The van der Waals surface area contributed by atoms with Gasteiger partial charge in [-0.3, -0.25) is 4.79 Å². The first-order valence-electron chi connectivity index (χ1n) is 7.64. The van der Waals surface area contributed by atoms with Crippen LogP contribution in [0.5, 0.6) is 5.75 Å². The summed E-state index contributed by atoms with van der Waals surface area (Å²) >= 11 is 0. The summed E-state index contributed by atoms with van der Waals surface area (Å²) in [7, 11) is 1.60. The molecule has 23 heavy (non-hydrogen) atoms. The van der Waals surface area contributed by atoms with E-state index < -0.39 is 0 Å². The molecule has 1 N–H and O–H groups in total. The molecule has 3 rings (SSSR count). The van der Waals surface area contributed by atoms with Crippen LogP contribution in [-0.2, 0) is 11.2 Å². The molecule has 0 aliphatic carbocycles. The van der Waals surface area contributed by atoms with E-state index in [1.807, 2.05) is 29.2 Å². The normalized spacial score (nSPS) is 18.0. The highest BCUT2D eigenvalue weighted by molar-refractivity contribution is 5.78. The molecule has 1 amide bonds. The maximum Gasteiger partial charge on any atom is 0.258 e. The number of hydrogen-bond donors (Lipinski definition) is 1. The Hall–Kier alpha value is -2.41. The Morgan fingerprint density at radius 2 is 2.39 bits per heavy atom. The van der Waals surface area contributed by atoms with Crippen molar-refractivity contribution in [3.63, 3.8) is 0 Å². The number of nitrogens with one attached hydrogen (secondary N) is 1.